The molecule has 1 aliphatic heterocycles. The highest BCUT2D eigenvalue weighted by Crippen LogP contribution is 2.31. The highest BCUT2D eigenvalue weighted by molar-refractivity contribution is 5.92. The first kappa shape index (κ1) is 22.2. The summed E-state index contributed by atoms with van der Waals surface area (Å²) in [5.74, 6) is 1.02. The zero-order chi connectivity index (χ0) is 22.8. The number of carbonyl (C=O) groups excluding carboxylic acids is 1. The summed E-state index contributed by atoms with van der Waals surface area (Å²) in [5, 5.41) is 18.0. The van der Waals surface area contributed by atoms with Crippen molar-refractivity contribution in [3.05, 3.63) is 41.2 Å². The summed E-state index contributed by atoms with van der Waals surface area (Å²) in [6.45, 7) is 9.23. The van der Waals surface area contributed by atoms with Gasteiger partial charge in [0.15, 0.2) is 5.82 Å². The van der Waals surface area contributed by atoms with Crippen LogP contribution in [-0.2, 0) is 4.79 Å². The van der Waals surface area contributed by atoms with E-state index in [0.29, 0.717) is 6.54 Å². The molecule has 3 aromatic rings. The summed E-state index contributed by atoms with van der Waals surface area (Å²) in [4.78, 5) is 16.8. The maximum absolute atomic E-state index is 12.5. The molecule has 8 heteroatoms. The minimum absolute atomic E-state index is 0.0502. The summed E-state index contributed by atoms with van der Waals surface area (Å²) < 4.78 is 1.98. The number of aryl methyl sites for hydroxylation is 3. The highest BCUT2D eigenvalue weighted by atomic mass is 16.1. The van der Waals surface area contributed by atoms with Gasteiger partial charge in [-0.15, -0.1) is 5.10 Å². The molecule has 4 rings (SSSR count). The van der Waals surface area contributed by atoms with Gasteiger partial charge < -0.3 is 15.1 Å². The van der Waals surface area contributed by atoms with Gasteiger partial charge in [-0.3, -0.25) is 4.79 Å². The summed E-state index contributed by atoms with van der Waals surface area (Å²) in [6.07, 6.45) is 1.62. The third kappa shape index (κ3) is 4.46. The summed E-state index contributed by atoms with van der Waals surface area (Å²) in [6, 6.07) is 8.37. The first-order valence-electron chi connectivity index (χ1n) is 11.3. The number of hydrogen-bond donors (Lipinski definition) is 1. The van der Waals surface area contributed by atoms with E-state index in [1.807, 2.05) is 25.7 Å². The van der Waals surface area contributed by atoms with Crippen LogP contribution in [0.1, 0.15) is 29.8 Å². The maximum Gasteiger partial charge on any atom is 0.223 e. The van der Waals surface area contributed by atoms with Gasteiger partial charge in [-0.2, -0.15) is 10.2 Å². The molecule has 0 saturated carbocycles. The molecule has 1 fully saturated rings. The zero-order valence-electron chi connectivity index (χ0n) is 19.7. The Balaban J connectivity index is 1.54. The van der Waals surface area contributed by atoms with E-state index in [1.165, 1.54) is 5.56 Å². The van der Waals surface area contributed by atoms with Gasteiger partial charge >= 0.3 is 0 Å². The van der Waals surface area contributed by atoms with E-state index in [2.05, 4.69) is 63.4 Å². The molecule has 0 unspecified atom stereocenters. The molecule has 3 heterocycles. The van der Waals surface area contributed by atoms with E-state index in [9.17, 15) is 4.79 Å². The fourth-order valence-corrected chi connectivity index (χ4v) is 4.36. The first-order chi connectivity index (χ1) is 15.3. The number of rotatable bonds is 6. The van der Waals surface area contributed by atoms with Gasteiger partial charge in [0.05, 0.1) is 22.5 Å². The number of likely N-dealkylation sites (N-methyl/N-ethyl adjacent to an activating group) is 1. The SMILES string of the molecule is Cc1ccc(-n2nc3c(N4CCC(C(=O)NCCN(C)C)CC4)nnc(C)c3c2C)cc1. The third-order valence-corrected chi connectivity index (χ3v) is 6.29. The molecule has 1 aromatic carbocycles. The van der Waals surface area contributed by atoms with Crippen LogP contribution in [0.4, 0.5) is 5.82 Å². The maximum atomic E-state index is 12.5. The van der Waals surface area contributed by atoms with Crippen LogP contribution in [0.2, 0.25) is 0 Å². The molecule has 1 amide bonds. The molecular formula is C24H33N7O. The van der Waals surface area contributed by atoms with Crippen LogP contribution in [0.25, 0.3) is 16.6 Å². The lowest BCUT2D eigenvalue weighted by atomic mass is 9.96. The third-order valence-electron chi connectivity index (χ3n) is 6.29. The summed E-state index contributed by atoms with van der Waals surface area (Å²) >= 11 is 0. The Bertz CT molecular complexity index is 1100. The second-order valence-corrected chi connectivity index (χ2v) is 9.02. The number of nitrogens with zero attached hydrogens (tertiary/aromatic N) is 6. The quantitative estimate of drug-likeness (QED) is 0.641. The van der Waals surface area contributed by atoms with Gasteiger partial charge in [0, 0.05) is 32.1 Å². The van der Waals surface area contributed by atoms with Crippen molar-refractivity contribution in [1.29, 1.82) is 0 Å². The number of hydrogen-bond acceptors (Lipinski definition) is 6. The van der Waals surface area contributed by atoms with Crippen LogP contribution in [0.15, 0.2) is 24.3 Å². The normalized spacial score (nSPS) is 15.0. The van der Waals surface area contributed by atoms with Gasteiger partial charge in [-0.25, -0.2) is 4.68 Å². The van der Waals surface area contributed by atoms with Gasteiger partial charge in [-0.05, 0) is 59.8 Å². The van der Waals surface area contributed by atoms with Crippen molar-refractivity contribution in [2.24, 2.45) is 5.92 Å². The Labute approximate surface area is 189 Å². The van der Waals surface area contributed by atoms with Crippen molar-refractivity contribution < 1.29 is 4.79 Å². The van der Waals surface area contributed by atoms with Crippen LogP contribution in [0.5, 0.6) is 0 Å². The van der Waals surface area contributed by atoms with Gasteiger partial charge in [-0.1, -0.05) is 17.7 Å². The number of amides is 1. The van der Waals surface area contributed by atoms with Crippen molar-refractivity contribution >= 4 is 22.6 Å². The molecule has 1 N–H and O–H groups in total. The number of piperidine rings is 1. The van der Waals surface area contributed by atoms with Crippen LogP contribution in [-0.4, -0.2) is 71.1 Å². The Morgan fingerprint density at radius 2 is 1.78 bits per heavy atom. The van der Waals surface area contributed by atoms with Crippen LogP contribution >= 0.6 is 0 Å². The smallest absolute Gasteiger partial charge is 0.223 e. The fourth-order valence-electron chi connectivity index (χ4n) is 4.36. The molecule has 0 bridgehead atoms. The molecule has 2 aromatic heterocycles. The van der Waals surface area contributed by atoms with Crippen LogP contribution in [0, 0.1) is 26.7 Å². The summed E-state index contributed by atoms with van der Waals surface area (Å²) in [5.41, 5.74) is 5.08. The number of anilines is 1. The molecule has 32 heavy (non-hydrogen) atoms. The fraction of sp³-hybridized carbons (Fsp3) is 0.500. The second-order valence-electron chi connectivity index (χ2n) is 9.02. The van der Waals surface area contributed by atoms with Crippen molar-refractivity contribution in [1.82, 2.24) is 30.2 Å². The van der Waals surface area contributed by atoms with Gasteiger partial charge in [0.1, 0.15) is 5.52 Å². The number of nitrogens with one attached hydrogen (secondary N) is 1. The Morgan fingerprint density at radius 3 is 2.44 bits per heavy atom. The minimum Gasteiger partial charge on any atom is -0.355 e. The van der Waals surface area contributed by atoms with Crippen molar-refractivity contribution in [2.45, 2.75) is 33.6 Å². The Hall–Kier alpha value is -3.00. The predicted molar refractivity (Wildman–Crippen MR) is 127 cm³/mol. The molecule has 170 valence electrons. The number of carbonyl (C=O) groups is 1. The van der Waals surface area contributed by atoms with E-state index in [-0.39, 0.29) is 11.8 Å². The molecule has 8 nitrogen and oxygen atoms in total. The topological polar surface area (TPSA) is 79.2 Å². The summed E-state index contributed by atoms with van der Waals surface area (Å²) in [7, 11) is 4.02. The molecular weight excluding hydrogens is 402 g/mol. The Morgan fingerprint density at radius 1 is 1.09 bits per heavy atom. The molecule has 0 spiro atoms. The molecule has 1 aliphatic rings. The number of fused-ring (bicyclic) bond motifs is 1. The highest BCUT2D eigenvalue weighted by Gasteiger charge is 2.28. The number of benzene rings is 1. The average Bonchev–Trinajstić information content (AvgIpc) is 3.12. The molecule has 1 saturated heterocycles. The predicted octanol–water partition coefficient (Wildman–Crippen LogP) is 2.63. The van der Waals surface area contributed by atoms with E-state index < -0.39 is 0 Å². The van der Waals surface area contributed by atoms with E-state index in [4.69, 9.17) is 5.10 Å². The molecule has 0 radical (unpaired) electrons. The second kappa shape index (κ2) is 9.24. The van der Waals surface area contributed by atoms with Crippen LogP contribution in [0.3, 0.4) is 0 Å². The lowest BCUT2D eigenvalue weighted by molar-refractivity contribution is -0.125. The lowest BCUT2D eigenvalue weighted by Crippen LogP contribution is -2.42. The minimum atomic E-state index is 0.0502. The van der Waals surface area contributed by atoms with Gasteiger partial charge in [0.2, 0.25) is 5.91 Å². The number of aromatic nitrogens is 4. The average molecular weight is 436 g/mol. The van der Waals surface area contributed by atoms with E-state index in [1.54, 1.807) is 0 Å². The standard InChI is InChI=1S/C24H33N7O/c1-16-6-8-20(9-7-16)31-18(3)21-17(2)26-27-23(22(21)28-31)30-13-10-19(11-14-30)24(32)25-12-15-29(4)5/h6-9,19H,10-15H2,1-5H3,(H,25,32). The monoisotopic (exact) mass is 435 g/mol. The Kier molecular flexibility index (Phi) is 6.41. The lowest BCUT2D eigenvalue weighted by Gasteiger charge is -2.32. The first-order valence-corrected chi connectivity index (χ1v) is 11.3. The van der Waals surface area contributed by atoms with Crippen molar-refractivity contribution in [3.8, 4) is 5.69 Å². The van der Waals surface area contributed by atoms with Crippen LogP contribution < -0.4 is 10.2 Å². The molecule has 0 atom stereocenters. The largest absolute Gasteiger partial charge is 0.355 e. The zero-order valence-corrected chi connectivity index (χ0v) is 19.7. The van der Waals surface area contributed by atoms with E-state index in [0.717, 1.165) is 66.3 Å². The van der Waals surface area contributed by atoms with Gasteiger partial charge in [0.25, 0.3) is 0 Å². The molecule has 0 aliphatic carbocycles. The van der Waals surface area contributed by atoms with E-state index >= 15 is 0 Å². The van der Waals surface area contributed by atoms with Crippen molar-refractivity contribution in [2.75, 3.05) is 45.2 Å². The van der Waals surface area contributed by atoms with Crippen molar-refractivity contribution in [3.63, 3.8) is 0 Å².